The van der Waals surface area contributed by atoms with E-state index >= 15 is 0 Å². The molecule has 2 N–H and O–H groups in total. The summed E-state index contributed by atoms with van der Waals surface area (Å²) in [5.74, 6) is 0.970. The van der Waals surface area contributed by atoms with Gasteiger partial charge in [-0.3, -0.25) is 4.79 Å². The largest absolute Gasteiger partial charge is 0.315 e. The molecule has 1 heterocycles. The molecule has 5 heteroatoms. The number of hydrogen-bond donors (Lipinski definition) is 2. The van der Waals surface area contributed by atoms with E-state index in [0.29, 0.717) is 6.04 Å². The normalized spacial score (nSPS) is 11.1. The molecular weight excluding hydrogens is 246 g/mol. The van der Waals surface area contributed by atoms with E-state index in [4.69, 9.17) is 0 Å². The minimum Gasteiger partial charge on any atom is -0.315 e. The highest BCUT2D eigenvalue weighted by Gasteiger charge is 2.01. The first-order valence-corrected chi connectivity index (χ1v) is 7.56. The molecule has 0 bridgehead atoms. The Morgan fingerprint density at radius 3 is 2.94 bits per heavy atom. The van der Waals surface area contributed by atoms with Gasteiger partial charge in [-0.1, -0.05) is 39.0 Å². The van der Waals surface area contributed by atoms with Crippen LogP contribution in [-0.2, 0) is 6.42 Å². The maximum absolute atomic E-state index is 11.4. The minimum absolute atomic E-state index is 0.0451. The summed E-state index contributed by atoms with van der Waals surface area (Å²) >= 11 is 1.62. The maximum Gasteiger partial charge on any atom is 0.251 e. The van der Waals surface area contributed by atoms with Crippen molar-refractivity contribution in [2.45, 2.75) is 51.2 Å². The number of hydrogen-bond acceptors (Lipinski definition) is 4. The van der Waals surface area contributed by atoms with Crippen molar-refractivity contribution < 1.29 is 0 Å². The van der Waals surface area contributed by atoms with Crippen LogP contribution in [0.25, 0.3) is 0 Å². The fourth-order valence-electron chi connectivity index (χ4n) is 1.57. The Morgan fingerprint density at radius 1 is 1.50 bits per heavy atom. The highest BCUT2D eigenvalue weighted by Crippen LogP contribution is 2.12. The lowest BCUT2D eigenvalue weighted by atomic mass is 10.2. The van der Waals surface area contributed by atoms with Gasteiger partial charge in [0.2, 0.25) is 0 Å². The van der Waals surface area contributed by atoms with Crippen LogP contribution in [0.15, 0.2) is 16.0 Å². The summed E-state index contributed by atoms with van der Waals surface area (Å²) in [5, 5.41) is 4.11. The number of aryl methyl sites for hydroxylation is 1. The first kappa shape index (κ1) is 15.2. The van der Waals surface area contributed by atoms with Gasteiger partial charge in [0.05, 0.1) is 0 Å². The van der Waals surface area contributed by atoms with Crippen LogP contribution in [0, 0.1) is 0 Å². The van der Waals surface area contributed by atoms with Crippen LogP contribution in [0.1, 0.15) is 39.3 Å². The van der Waals surface area contributed by atoms with Gasteiger partial charge >= 0.3 is 0 Å². The lowest BCUT2D eigenvalue weighted by Crippen LogP contribution is -2.24. The molecule has 0 unspecified atom stereocenters. The van der Waals surface area contributed by atoms with Gasteiger partial charge < -0.3 is 10.3 Å². The highest BCUT2D eigenvalue weighted by molar-refractivity contribution is 7.99. The summed E-state index contributed by atoms with van der Waals surface area (Å²) in [5.41, 5.74) is 0.848. The number of nitrogens with one attached hydrogen (secondary N) is 2. The zero-order chi connectivity index (χ0) is 13.4. The van der Waals surface area contributed by atoms with E-state index in [1.165, 1.54) is 0 Å². The van der Waals surface area contributed by atoms with E-state index in [2.05, 4.69) is 36.1 Å². The van der Waals surface area contributed by atoms with Gasteiger partial charge in [0.25, 0.3) is 5.56 Å². The quantitative estimate of drug-likeness (QED) is 0.431. The molecule has 0 aromatic carbocycles. The first-order valence-electron chi connectivity index (χ1n) is 6.58. The molecule has 0 aliphatic carbocycles. The Kier molecular flexibility index (Phi) is 7.05. The molecule has 0 aliphatic rings. The van der Waals surface area contributed by atoms with Crippen molar-refractivity contribution in [2.24, 2.45) is 0 Å². The van der Waals surface area contributed by atoms with Gasteiger partial charge in [0.1, 0.15) is 0 Å². The Hall–Kier alpha value is -0.810. The van der Waals surface area contributed by atoms with Crippen molar-refractivity contribution in [3.05, 3.63) is 22.1 Å². The van der Waals surface area contributed by atoms with Crippen LogP contribution in [-0.4, -0.2) is 28.3 Å². The van der Waals surface area contributed by atoms with Crippen LogP contribution in [0.2, 0.25) is 0 Å². The summed E-state index contributed by atoms with van der Waals surface area (Å²) in [6, 6.07) is 2.12. The van der Waals surface area contributed by atoms with Gasteiger partial charge in [-0.25, -0.2) is 4.98 Å². The molecule has 0 atom stereocenters. The van der Waals surface area contributed by atoms with Gasteiger partial charge in [-0.15, -0.1) is 0 Å². The summed E-state index contributed by atoms with van der Waals surface area (Å²) < 4.78 is 0. The zero-order valence-corrected chi connectivity index (χ0v) is 12.3. The van der Waals surface area contributed by atoms with E-state index in [1.54, 1.807) is 17.8 Å². The summed E-state index contributed by atoms with van der Waals surface area (Å²) in [7, 11) is 0. The molecule has 1 rings (SSSR count). The summed E-state index contributed by atoms with van der Waals surface area (Å²) in [6.07, 6.45) is 2.95. The summed E-state index contributed by atoms with van der Waals surface area (Å²) in [4.78, 5) is 18.7. The molecule has 0 radical (unpaired) electrons. The lowest BCUT2D eigenvalue weighted by molar-refractivity contribution is 0.585. The lowest BCUT2D eigenvalue weighted by Gasteiger charge is -2.07. The fraction of sp³-hybridized carbons (Fsp3) is 0.692. The van der Waals surface area contributed by atoms with Crippen molar-refractivity contribution in [1.29, 1.82) is 0 Å². The Morgan fingerprint density at radius 2 is 2.28 bits per heavy atom. The molecule has 0 amide bonds. The molecule has 1 aromatic heterocycles. The third-order valence-corrected chi connectivity index (χ3v) is 3.35. The number of H-pyrrole nitrogens is 1. The first-order chi connectivity index (χ1) is 8.61. The standard InChI is InChI=1S/C13H23N3OS/c1-4-6-11-9-12(17)16-13(15-11)18-8-5-7-14-10(2)3/h9-10,14H,4-8H2,1-3H3,(H,15,16,17). The van der Waals surface area contributed by atoms with Crippen molar-refractivity contribution >= 4 is 11.8 Å². The second-order valence-electron chi connectivity index (χ2n) is 4.60. The van der Waals surface area contributed by atoms with Gasteiger partial charge in [0, 0.05) is 23.6 Å². The minimum atomic E-state index is -0.0451. The molecule has 0 saturated carbocycles. The van der Waals surface area contributed by atoms with Crippen molar-refractivity contribution in [3.8, 4) is 0 Å². The molecule has 0 spiro atoms. The molecule has 102 valence electrons. The van der Waals surface area contributed by atoms with E-state index in [9.17, 15) is 4.79 Å². The molecule has 0 aliphatic heterocycles. The van der Waals surface area contributed by atoms with E-state index in [1.807, 2.05) is 0 Å². The third kappa shape index (κ3) is 6.21. The van der Waals surface area contributed by atoms with Gasteiger partial charge in [-0.05, 0) is 19.4 Å². The zero-order valence-electron chi connectivity index (χ0n) is 11.5. The van der Waals surface area contributed by atoms with Crippen LogP contribution in [0.3, 0.4) is 0 Å². The van der Waals surface area contributed by atoms with E-state index in [-0.39, 0.29) is 5.56 Å². The second kappa shape index (κ2) is 8.32. The van der Waals surface area contributed by atoms with Crippen LogP contribution in [0.4, 0.5) is 0 Å². The SMILES string of the molecule is CCCc1cc(=O)[nH]c(SCCCNC(C)C)n1. The maximum atomic E-state index is 11.4. The Bertz CT molecular complexity index is 403. The van der Waals surface area contributed by atoms with Crippen LogP contribution in [0.5, 0.6) is 0 Å². The molecule has 18 heavy (non-hydrogen) atoms. The van der Waals surface area contributed by atoms with E-state index < -0.39 is 0 Å². The molecular formula is C13H23N3OS. The number of rotatable bonds is 8. The van der Waals surface area contributed by atoms with Gasteiger partial charge in [-0.2, -0.15) is 0 Å². The monoisotopic (exact) mass is 269 g/mol. The third-order valence-electron chi connectivity index (χ3n) is 2.39. The fourth-order valence-corrected chi connectivity index (χ4v) is 2.40. The average molecular weight is 269 g/mol. The number of nitrogens with zero attached hydrogens (tertiary/aromatic N) is 1. The molecule has 0 fully saturated rings. The predicted octanol–water partition coefficient (Wildman–Crippen LogP) is 2.20. The van der Waals surface area contributed by atoms with Crippen molar-refractivity contribution in [1.82, 2.24) is 15.3 Å². The van der Waals surface area contributed by atoms with E-state index in [0.717, 1.165) is 42.4 Å². The Balaban J connectivity index is 2.39. The highest BCUT2D eigenvalue weighted by atomic mass is 32.2. The van der Waals surface area contributed by atoms with Crippen molar-refractivity contribution in [2.75, 3.05) is 12.3 Å². The Labute approximate surface area is 113 Å². The van der Waals surface area contributed by atoms with Gasteiger partial charge in [0.15, 0.2) is 5.16 Å². The molecule has 0 saturated heterocycles. The number of aromatic amines is 1. The summed E-state index contributed by atoms with van der Waals surface area (Å²) in [6.45, 7) is 7.37. The van der Waals surface area contributed by atoms with Crippen molar-refractivity contribution in [3.63, 3.8) is 0 Å². The molecule has 1 aromatic rings. The topological polar surface area (TPSA) is 57.8 Å². The molecule has 4 nitrogen and oxygen atoms in total. The second-order valence-corrected chi connectivity index (χ2v) is 5.69. The van der Waals surface area contributed by atoms with Crippen LogP contribution < -0.4 is 10.9 Å². The number of thioether (sulfide) groups is 1. The number of aromatic nitrogens is 2. The predicted molar refractivity (Wildman–Crippen MR) is 77.3 cm³/mol. The smallest absolute Gasteiger partial charge is 0.251 e. The van der Waals surface area contributed by atoms with Crippen LogP contribution >= 0.6 is 11.8 Å². The average Bonchev–Trinajstić information content (AvgIpc) is 2.28.